The lowest BCUT2D eigenvalue weighted by atomic mass is 10.2. The Bertz CT molecular complexity index is 320. The highest BCUT2D eigenvalue weighted by atomic mass is 35.5. The molecular weight excluding hydrogens is 197 g/mol. The molecule has 0 atom stereocenters. The lowest BCUT2D eigenvalue weighted by molar-refractivity contribution is 0.415. The van der Waals surface area contributed by atoms with Crippen molar-refractivity contribution in [3.63, 3.8) is 0 Å². The molecule has 62 valence electrons. The summed E-state index contributed by atoms with van der Waals surface area (Å²) in [6.07, 6.45) is 0. The van der Waals surface area contributed by atoms with E-state index < -0.39 is 0 Å². The molecule has 0 aromatic heterocycles. The Morgan fingerprint density at radius 2 is 1.83 bits per heavy atom. The maximum Gasteiger partial charge on any atom is 0.121 e. The van der Waals surface area contributed by atoms with Gasteiger partial charge in [0.25, 0.3) is 0 Å². The molecule has 0 N–H and O–H groups in total. The van der Waals surface area contributed by atoms with Crippen LogP contribution in [-0.2, 0) is 0 Å². The molecule has 0 radical (unpaired) electrons. The van der Waals surface area contributed by atoms with Gasteiger partial charge in [-0.1, -0.05) is 23.2 Å². The number of benzene rings is 1. The van der Waals surface area contributed by atoms with Gasteiger partial charge >= 0.3 is 0 Å². The van der Waals surface area contributed by atoms with Crippen LogP contribution in [0.5, 0.6) is 5.75 Å². The van der Waals surface area contributed by atoms with Gasteiger partial charge in [0.05, 0.1) is 22.7 Å². The van der Waals surface area contributed by atoms with Gasteiger partial charge in [-0.3, -0.25) is 0 Å². The Morgan fingerprint density at radius 3 is 2.17 bits per heavy atom. The second kappa shape index (κ2) is 3.66. The first-order valence-corrected chi connectivity index (χ1v) is 3.87. The minimum atomic E-state index is 0.277. The van der Waals surface area contributed by atoms with Crippen LogP contribution in [0.2, 0.25) is 10.0 Å². The summed E-state index contributed by atoms with van der Waals surface area (Å²) in [7, 11) is 1.51. The third-order valence-corrected chi connectivity index (χ3v) is 1.96. The standard InChI is InChI=1S/C8H5Cl2NO/c1-12-5-2-7(9)6(4-11)8(10)3-5/h2-3H,1H3. The summed E-state index contributed by atoms with van der Waals surface area (Å²) in [6.45, 7) is 0. The van der Waals surface area contributed by atoms with E-state index in [1.807, 2.05) is 6.07 Å². The average Bonchev–Trinajstić information content (AvgIpc) is 2.03. The SMILES string of the molecule is COc1cc(Cl)c(C#N)c(Cl)c1. The molecule has 0 unspecified atom stereocenters. The Labute approximate surface area is 80.3 Å². The quantitative estimate of drug-likeness (QED) is 0.701. The predicted octanol–water partition coefficient (Wildman–Crippen LogP) is 2.87. The second-order valence-electron chi connectivity index (χ2n) is 2.08. The zero-order chi connectivity index (χ0) is 9.14. The molecule has 0 spiro atoms. The average molecular weight is 202 g/mol. The van der Waals surface area contributed by atoms with Gasteiger partial charge in [0.2, 0.25) is 0 Å². The molecule has 2 nitrogen and oxygen atoms in total. The molecule has 0 saturated carbocycles. The van der Waals surface area contributed by atoms with E-state index in [1.54, 1.807) is 12.1 Å². The number of nitriles is 1. The fourth-order valence-electron chi connectivity index (χ4n) is 0.775. The van der Waals surface area contributed by atoms with Crippen LogP contribution in [0, 0.1) is 11.3 Å². The highest BCUT2D eigenvalue weighted by Crippen LogP contribution is 2.29. The fraction of sp³-hybridized carbons (Fsp3) is 0.125. The van der Waals surface area contributed by atoms with Crippen molar-refractivity contribution in [3.05, 3.63) is 27.7 Å². The number of rotatable bonds is 1. The first-order valence-electron chi connectivity index (χ1n) is 3.12. The summed E-state index contributed by atoms with van der Waals surface area (Å²) in [5, 5.41) is 9.22. The Balaban J connectivity index is 3.30. The van der Waals surface area contributed by atoms with Crippen molar-refractivity contribution in [1.82, 2.24) is 0 Å². The molecule has 12 heavy (non-hydrogen) atoms. The zero-order valence-electron chi connectivity index (χ0n) is 6.27. The van der Waals surface area contributed by atoms with E-state index in [2.05, 4.69) is 0 Å². The largest absolute Gasteiger partial charge is 0.497 e. The van der Waals surface area contributed by atoms with Crippen molar-refractivity contribution in [3.8, 4) is 11.8 Å². The summed E-state index contributed by atoms with van der Waals surface area (Å²) in [4.78, 5) is 0. The summed E-state index contributed by atoms with van der Waals surface area (Å²) in [6, 6.07) is 4.99. The van der Waals surface area contributed by atoms with E-state index in [0.717, 1.165) is 0 Å². The van der Waals surface area contributed by atoms with Crippen LogP contribution >= 0.6 is 23.2 Å². The minimum Gasteiger partial charge on any atom is -0.497 e. The van der Waals surface area contributed by atoms with E-state index in [0.29, 0.717) is 15.8 Å². The van der Waals surface area contributed by atoms with E-state index in [-0.39, 0.29) is 5.56 Å². The number of methoxy groups -OCH3 is 1. The lowest BCUT2D eigenvalue weighted by Gasteiger charge is -2.02. The number of halogens is 2. The van der Waals surface area contributed by atoms with Crippen LogP contribution in [0.15, 0.2) is 12.1 Å². The van der Waals surface area contributed by atoms with Gasteiger partial charge in [-0.25, -0.2) is 0 Å². The molecule has 0 bridgehead atoms. The van der Waals surface area contributed by atoms with Gasteiger partial charge < -0.3 is 4.74 Å². The molecule has 0 amide bonds. The third kappa shape index (κ3) is 1.63. The molecule has 1 aromatic rings. The molecule has 0 aliphatic heterocycles. The molecule has 1 aromatic carbocycles. The number of hydrogen-bond acceptors (Lipinski definition) is 2. The molecule has 4 heteroatoms. The van der Waals surface area contributed by atoms with E-state index in [9.17, 15) is 0 Å². The van der Waals surface area contributed by atoms with Crippen LogP contribution < -0.4 is 4.74 Å². The number of nitrogens with zero attached hydrogens (tertiary/aromatic N) is 1. The predicted molar refractivity (Wildman–Crippen MR) is 47.7 cm³/mol. The lowest BCUT2D eigenvalue weighted by Crippen LogP contribution is -1.85. The van der Waals surface area contributed by atoms with E-state index >= 15 is 0 Å². The van der Waals surface area contributed by atoms with Crippen LogP contribution in [0.1, 0.15) is 5.56 Å². The third-order valence-electron chi connectivity index (χ3n) is 1.36. The highest BCUT2D eigenvalue weighted by Gasteiger charge is 2.06. The first kappa shape index (κ1) is 9.18. The molecule has 1 rings (SSSR count). The molecule has 0 aliphatic carbocycles. The highest BCUT2D eigenvalue weighted by molar-refractivity contribution is 6.36. The second-order valence-corrected chi connectivity index (χ2v) is 2.89. The summed E-state index contributed by atoms with van der Waals surface area (Å²) in [5.74, 6) is 0.545. The number of hydrogen-bond donors (Lipinski definition) is 0. The van der Waals surface area contributed by atoms with Crippen molar-refractivity contribution in [2.45, 2.75) is 0 Å². The Morgan fingerprint density at radius 1 is 1.33 bits per heavy atom. The van der Waals surface area contributed by atoms with Crippen molar-refractivity contribution >= 4 is 23.2 Å². The monoisotopic (exact) mass is 201 g/mol. The normalized spacial score (nSPS) is 9.17. The molecule has 0 heterocycles. The zero-order valence-corrected chi connectivity index (χ0v) is 7.78. The molecule has 0 fully saturated rings. The fourth-order valence-corrected chi connectivity index (χ4v) is 1.33. The van der Waals surface area contributed by atoms with Crippen LogP contribution in [-0.4, -0.2) is 7.11 Å². The van der Waals surface area contributed by atoms with Crippen molar-refractivity contribution < 1.29 is 4.74 Å². The summed E-state index contributed by atoms with van der Waals surface area (Å²) < 4.78 is 4.90. The first-order chi connectivity index (χ1) is 5.69. The van der Waals surface area contributed by atoms with Gasteiger partial charge in [-0.15, -0.1) is 0 Å². The molecular formula is C8H5Cl2NO. The van der Waals surface area contributed by atoms with Crippen LogP contribution in [0.25, 0.3) is 0 Å². The maximum absolute atomic E-state index is 8.60. The van der Waals surface area contributed by atoms with Crippen molar-refractivity contribution in [1.29, 1.82) is 5.26 Å². The molecule has 0 aliphatic rings. The smallest absolute Gasteiger partial charge is 0.121 e. The van der Waals surface area contributed by atoms with Gasteiger partial charge in [0, 0.05) is 12.1 Å². The maximum atomic E-state index is 8.60. The van der Waals surface area contributed by atoms with Gasteiger partial charge in [-0.05, 0) is 0 Å². The van der Waals surface area contributed by atoms with Crippen molar-refractivity contribution in [2.75, 3.05) is 7.11 Å². The summed E-state index contributed by atoms with van der Waals surface area (Å²) in [5.41, 5.74) is 0.277. The minimum absolute atomic E-state index is 0.277. The summed E-state index contributed by atoms with van der Waals surface area (Å²) >= 11 is 11.5. The number of ether oxygens (including phenoxy) is 1. The van der Waals surface area contributed by atoms with Gasteiger partial charge in [0.1, 0.15) is 11.8 Å². The topological polar surface area (TPSA) is 33.0 Å². The van der Waals surface area contributed by atoms with E-state index in [1.165, 1.54) is 7.11 Å². The van der Waals surface area contributed by atoms with Crippen molar-refractivity contribution in [2.24, 2.45) is 0 Å². The van der Waals surface area contributed by atoms with Gasteiger partial charge in [-0.2, -0.15) is 5.26 Å². The van der Waals surface area contributed by atoms with E-state index in [4.69, 9.17) is 33.2 Å². The van der Waals surface area contributed by atoms with Crippen LogP contribution in [0.4, 0.5) is 0 Å². The van der Waals surface area contributed by atoms with Gasteiger partial charge in [0.15, 0.2) is 0 Å². The molecule has 0 saturated heterocycles. The Hall–Kier alpha value is -0.910. The van der Waals surface area contributed by atoms with Crippen LogP contribution in [0.3, 0.4) is 0 Å². The Kier molecular flexibility index (Phi) is 2.80.